The first-order valence-electron chi connectivity index (χ1n) is 2.21. The van der Waals surface area contributed by atoms with E-state index in [9.17, 15) is 0 Å². The van der Waals surface area contributed by atoms with E-state index in [-0.39, 0.29) is 18.6 Å². The first kappa shape index (κ1) is 7.17. The van der Waals surface area contributed by atoms with Gasteiger partial charge < -0.3 is 0 Å². The molecule has 0 aliphatic heterocycles. The van der Waals surface area contributed by atoms with Gasteiger partial charge >= 0.3 is 53.5 Å². The van der Waals surface area contributed by atoms with Crippen molar-refractivity contribution in [3.63, 3.8) is 0 Å². The van der Waals surface area contributed by atoms with E-state index in [1.807, 2.05) is 12.2 Å². The zero-order valence-corrected chi connectivity index (χ0v) is 6.40. The summed E-state index contributed by atoms with van der Waals surface area (Å²) in [5.74, 6) is 0. The van der Waals surface area contributed by atoms with Gasteiger partial charge in [0, 0.05) is 0 Å². The van der Waals surface area contributed by atoms with Crippen LogP contribution >= 0.6 is 0 Å². The van der Waals surface area contributed by atoms with E-state index >= 15 is 0 Å². The fraction of sp³-hybridized carbons (Fsp3) is 0.333. The molecule has 0 N–H and O–H groups in total. The molecule has 0 spiro atoms. The third-order valence-corrected chi connectivity index (χ3v) is 2.79. The summed E-state index contributed by atoms with van der Waals surface area (Å²) in [6.07, 6.45) is 3.98. The average Bonchev–Trinajstić information content (AvgIpc) is 1.69. The molecule has 0 amide bonds. The summed E-state index contributed by atoms with van der Waals surface area (Å²) in [4.78, 5) is 2.49. The van der Waals surface area contributed by atoms with Crippen LogP contribution in [-0.4, -0.2) is 0 Å². The van der Waals surface area contributed by atoms with Crippen molar-refractivity contribution in [1.82, 2.24) is 0 Å². The Hall–Kier alpha value is 0.168. The standard InChI is InChI=1S/2C3H5.Mo/c2*1-3-2;/h2*3H,1-2H2;. The van der Waals surface area contributed by atoms with Crippen LogP contribution in [0.25, 0.3) is 0 Å². The summed E-state index contributed by atoms with van der Waals surface area (Å²) in [6.45, 7) is 7.26. The average molecular weight is 178 g/mol. The van der Waals surface area contributed by atoms with Gasteiger partial charge in [-0.2, -0.15) is 0 Å². The number of hydrogen-bond acceptors (Lipinski definition) is 0. The summed E-state index contributed by atoms with van der Waals surface area (Å²) in [6, 6.07) is 0. The van der Waals surface area contributed by atoms with Gasteiger partial charge in [-0.05, 0) is 0 Å². The van der Waals surface area contributed by atoms with Crippen LogP contribution in [0.1, 0.15) is 0 Å². The molecule has 0 aromatic carbocycles. The van der Waals surface area contributed by atoms with Gasteiger partial charge in [0.05, 0.1) is 0 Å². The van der Waals surface area contributed by atoms with Crippen molar-refractivity contribution in [3.8, 4) is 0 Å². The van der Waals surface area contributed by atoms with Crippen molar-refractivity contribution in [2.75, 3.05) is 0 Å². The van der Waals surface area contributed by atoms with Gasteiger partial charge in [0.1, 0.15) is 0 Å². The second-order valence-electron chi connectivity index (χ2n) is 1.11. The Morgan fingerprint density at radius 1 is 1.14 bits per heavy atom. The van der Waals surface area contributed by atoms with E-state index in [1.54, 1.807) is 0 Å². The monoisotopic (exact) mass is 180 g/mol. The normalized spacial score (nSPS) is 8.00. The quantitative estimate of drug-likeness (QED) is 0.352. The van der Waals surface area contributed by atoms with Crippen LogP contribution in [-0.2, 0) is 18.6 Å². The first-order chi connectivity index (χ1) is 3.41. The van der Waals surface area contributed by atoms with E-state index in [1.165, 1.54) is 9.62 Å². The van der Waals surface area contributed by atoms with Crippen LogP contribution in [0.2, 0.25) is 9.62 Å². The van der Waals surface area contributed by atoms with Crippen molar-refractivity contribution in [2.24, 2.45) is 0 Å². The van der Waals surface area contributed by atoms with Gasteiger partial charge in [0.15, 0.2) is 0 Å². The Bertz CT molecular complexity index is 49.2. The Morgan fingerprint density at radius 3 is 1.86 bits per heavy atom. The van der Waals surface area contributed by atoms with Crippen LogP contribution in [0, 0.1) is 0 Å². The molecule has 40 valence electrons. The molecule has 0 atom stereocenters. The van der Waals surface area contributed by atoms with Gasteiger partial charge in [-0.1, -0.05) is 0 Å². The molecule has 0 aliphatic carbocycles. The molecule has 0 aliphatic rings. The van der Waals surface area contributed by atoms with Crippen LogP contribution in [0.5, 0.6) is 0 Å². The summed E-state index contributed by atoms with van der Waals surface area (Å²) in [5.41, 5.74) is 0. The van der Waals surface area contributed by atoms with Crippen molar-refractivity contribution >= 4 is 0 Å². The first-order valence-corrected chi connectivity index (χ1v) is 5.05. The van der Waals surface area contributed by atoms with Crippen molar-refractivity contribution in [3.05, 3.63) is 25.3 Å². The molecule has 0 unspecified atom stereocenters. The Balaban J connectivity index is 2.68. The van der Waals surface area contributed by atoms with E-state index in [2.05, 4.69) is 13.2 Å². The van der Waals surface area contributed by atoms with Gasteiger partial charge in [-0.3, -0.25) is 0 Å². The molecule has 0 rings (SSSR count). The molecule has 0 fully saturated rings. The maximum absolute atomic E-state index is 3.63. The number of allylic oxidation sites excluding steroid dienone is 2. The second-order valence-corrected chi connectivity index (χ2v) is 3.76. The number of hydrogen-bond donors (Lipinski definition) is 0. The Labute approximate surface area is 53.8 Å². The summed E-state index contributed by atoms with van der Waals surface area (Å²) >= 11 is 0.241. The third kappa shape index (κ3) is 6.17. The van der Waals surface area contributed by atoms with Crippen LogP contribution in [0.4, 0.5) is 0 Å². The topological polar surface area (TPSA) is 0 Å². The third-order valence-electron chi connectivity index (χ3n) is 0.471. The summed E-state index contributed by atoms with van der Waals surface area (Å²) in [5, 5.41) is 0. The SMILES string of the molecule is C=C[CH2][Mo][CH2]C=C. The van der Waals surface area contributed by atoms with Gasteiger partial charge in [-0.25, -0.2) is 0 Å². The fourth-order valence-corrected chi connectivity index (χ4v) is 1.39. The van der Waals surface area contributed by atoms with Crippen LogP contribution in [0.3, 0.4) is 0 Å². The molecule has 0 nitrogen and oxygen atoms in total. The van der Waals surface area contributed by atoms with Crippen LogP contribution < -0.4 is 0 Å². The van der Waals surface area contributed by atoms with Crippen molar-refractivity contribution in [2.45, 2.75) is 9.62 Å². The molecular formula is C6H10Mo. The minimum absolute atomic E-state index is 0.241. The predicted molar refractivity (Wildman–Crippen MR) is 30.0 cm³/mol. The molecule has 7 heavy (non-hydrogen) atoms. The van der Waals surface area contributed by atoms with E-state index in [0.717, 1.165) is 0 Å². The fourth-order valence-electron chi connectivity index (χ4n) is 0.235. The molecule has 1 heteroatoms. The van der Waals surface area contributed by atoms with E-state index < -0.39 is 0 Å². The molecule has 0 heterocycles. The Morgan fingerprint density at radius 2 is 1.57 bits per heavy atom. The number of rotatable bonds is 4. The second kappa shape index (κ2) is 6.17. The van der Waals surface area contributed by atoms with Gasteiger partial charge in [-0.15, -0.1) is 0 Å². The van der Waals surface area contributed by atoms with E-state index in [0.29, 0.717) is 0 Å². The molecule has 0 aromatic heterocycles. The molecule has 0 bridgehead atoms. The van der Waals surface area contributed by atoms with Crippen LogP contribution in [0.15, 0.2) is 25.3 Å². The van der Waals surface area contributed by atoms with Crippen molar-refractivity contribution < 1.29 is 18.6 Å². The molecule has 0 saturated carbocycles. The van der Waals surface area contributed by atoms with Crippen molar-refractivity contribution in [1.29, 1.82) is 0 Å². The predicted octanol–water partition coefficient (Wildman–Crippen LogP) is 2.28. The molecule has 0 aromatic rings. The summed E-state index contributed by atoms with van der Waals surface area (Å²) in [7, 11) is 0. The van der Waals surface area contributed by atoms with Gasteiger partial charge in [0.2, 0.25) is 0 Å². The van der Waals surface area contributed by atoms with E-state index in [4.69, 9.17) is 0 Å². The minimum atomic E-state index is 0.241. The molecular weight excluding hydrogens is 168 g/mol. The maximum atomic E-state index is 3.63. The zero-order valence-electron chi connectivity index (χ0n) is 4.39. The summed E-state index contributed by atoms with van der Waals surface area (Å²) < 4.78 is 0. The molecule has 0 saturated heterocycles. The molecule has 0 radical (unpaired) electrons. The Kier molecular flexibility index (Phi) is 6.32. The van der Waals surface area contributed by atoms with Gasteiger partial charge in [0.25, 0.3) is 0 Å². The zero-order chi connectivity index (χ0) is 5.54.